The molecule has 3 heteroatoms. The first-order valence-corrected chi connectivity index (χ1v) is 6.79. The fourth-order valence-electron chi connectivity index (χ4n) is 3.82. The molecule has 1 saturated heterocycles. The average Bonchev–Trinajstić information content (AvgIpc) is 2.74. The third-order valence-corrected chi connectivity index (χ3v) is 4.69. The Morgan fingerprint density at radius 1 is 1.05 bits per heavy atom. The fourth-order valence-corrected chi connectivity index (χ4v) is 3.82. The molecular weight excluding hydrogens is 240 g/mol. The Morgan fingerprint density at radius 3 is 2.79 bits per heavy atom. The standard InChI is InChI=1S/C16H14O3/c17-15-13-8-7-11-10-4-2-1-3-9(10)5-6-12(11)14(13)16(18)19-15/h1-4,7,12-14H,5-6,8H2/t12-,13+,14-/m1/s1. The van der Waals surface area contributed by atoms with Crippen LogP contribution in [0.2, 0.25) is 0 Å². The Bertz CT molecular complexity index is 614. The molecule has 1 aromatic rings. The summed E-state index contributed by atoms with van der Waals surface area (Å²) in [4.78, 5) is 23.6. The van der Waals surface area contributed by atoms with Crippen LogP contribution in [0.5, 0.6) is 0 Å². The van der Waals surface area contributed by atoms with Crippen LogP contribution in [0.1, 0.15) is 24.0 Å². The van der Waals surface area contributed by atoms with Crippen LogP contribution in [-0.4, -0.2) is 11.9 Å². The van der Waals surface area contributed by atoms with E-state index in [1.54, 1.807) is 0 Å². The molecule has 3 nitrogen and oxygen atoms in total. The topological polar surface area (TPSA) is 43.4 Å². The van der Waals surface area contributed by atoms with Crippen molar-refractivity contribution in [3.8, 4) is 0 Å². The van der Waals surface area contributed by atoms with Crippen molar-refractivity contribution in [1.82, 2.24) is 0 Å². The number of cyclic esters (lactones) is 2. The van der Waals surface area contributed by atoms with Crippen LogP contribution in [0.15, 0.2) is 30.3 Å². The SMILES string of the molecule is O=C1OC(=O)[C@H]2CC=C3c4ccccc4CC[C@H]3[C@@H]12. The number of rotatable bonds is 0. The van der Waals surface area contributed by atoms with Gasteiger partial charge in [0, 0.05) is 0 Å². The minimum Gasteiger partial charge on any atom is -0.393 e. The third-order valence-electron chi connectivity index (χ3n) is 4.69. The van der Waals surface area contributed by atoms with Gasteiger partial charge in [0.15, 0.2) is 0 Å². The van der Waals surface area contributed by atoms with Crippen molar-refractivity contribution < 1.29 is 14.3 Å². The van der Waals surface area contributed by atoms with Crippen LogP contribution in [0, 0.1) is 17.8 Å². The Kier molecular flexibility index (Phi) is 2.19. The number of fused-ring (bicyclic) bond motifs is 5. The van der Waals surface area contributed by atoms with Crippen molar-refractivity contribution in [3.63, 3.8) is 0 Å². The van der Waals surface area contributed by atoms with Crippen LogP contribution in [0.25, 0.3) is 5.57 Å². The van der Waals surface area contributed by atoms with Gasteiger partial charge >= 0.3 is 11.9 Å². The zero-order chi connectivity index (χ0) is 13.0. The Morgan fingerprint density at radius 2 is 1.89 bits per heavy atom. The number of carbonyl (C=O) groups excluding carboxylic acids is 2. The highest BCUT2D eigenvalue weighted by atomic mass is 16.6. The molecule has 1 aliphatic heterocycles. The molecule has 0 N–H and O–H groups in total. The number of benzene rings is 1. The number of ether oxygens (including phenoxy) is 1. The summed E-state index contributed by atoms with van der Waals surface area (Å²) >= 11 is 0. The van der Waals surface area contributed by atoms with Gasteiger partial charge in [-0.2, -0.15) is 0 Å². The molecule has 1 aromatic carbocycles. The fraction of sp³-hybridized carbons (Fsp3) is 0.375. The van der Waals surface area contributed by atoms with E-state index in [0.29, 0.717) is 6.42 Å². The quantitative estimate of drug-likeness (QED) is 0.527. The van der Waals surface area contributed by atoms with Gasteiger partial charge in [-0.25, -0.2) is 0 Å². The predicted molar refractivity (Wildman–Crippen MR) is 68.9 cm³/mol. The van der Waals surface area contributed by atoms with Gasteiger partial charge in [0.1, 0.15) is 0 Å². The van der Waals surface area contributed by atoms with Crippen molar-refractivity contribution in [3.05, 3.63) is 41.5 Å². The Labute approximate surface area is 111 Å². The van der Waals surface area contributed by atoms with Crippen LogP contribution < -0.4 is 0 Å². The molecule has 3 aliphatic rings. The second-order valence-electron chi connectivity index (χ2n) is 5.57. The molecule has 19 heavy (non-hydrogen) atoms. The zero-order valence-corrected chi connectivity index (χ0v) is 10.5. The second-order valence-corrected chi connectivity index (χ2v) is 5.57. The highest BCUT2D eigenvalue weighted by Crippen LogP contribution is 2.49. The maximum absolute atomic E-state index is 11.9. The molecule has 0 bridgehead atoms. The summed E-state index contributed by atoms with van der Waals surface area (Å²) < 4.78 is 4.83. The molecule has 4 rings (SSSR count). The third kappa shape index (κ3) is 1.44. The number of allylic oxidation sites excluding steroid dienone is 2. The van der Waals surface area contributed by atoms with Gasteiger partial charge in [-0.3, -0.25) is 9.59 Å². The van der Waals surface area contributed by atoms with E-state index < -0.39 is 0 Å². The van der Waals surface area contributed by atoms with Gasteiger partial charge in [-0.15, -0.1) is 0 Å². The number of aryl methyl sites for hydroxylation is 1. The number of hydrogen-bond donors (Lipinski definition) is 0. The van der Waals surface area contributed by atoms with E-state index in [9.17, 15) is 9.59 Å². The number of carbonyl (C=O) groups is 2. The minimum atomic E-state index is -0.329. The monoisotopic (exact) mass is 254 g/mol. The zero-order valence-electron chi connectivity index (χ0n) is 10.5. The molecule has 2 aliphatic carbocycles. The lowest BCUT2D eigenvalue weighted by atomic mass is 9.66. The van der Waals surface area contributed by atoms with Gasteiger partial charge in [0.25, 0.3) is 0 Å². The van der Waals surface area contributed by atoms with Crippen molar-refractivity contribution in [1.29, 1.82) is 0 Å². The van der Waals surface area contributed by atoms with Crippen LogP contribution in [0.3, 0.4) is 0 Å². The second kappa shape index (κ2) is 3.80. The maximum Gasteiger partial charge on any atom is 0.318 e. The first kappa shape index (κ1) is 11.0. The van der Waals surface area contributed by atoms with Gasteiger partial charge in [-0.05, 0) is 41.9 Å². The van der Waals surface area contributed by atoms with Crippen LogP contribution >= 0.6 is 0 Å². The van der Waals surface area contributed by atoms with Crippen LogP contribution in [0.4, 0.5) is 0 Å². The minimum absolute atomic E-state index is 0.160. The van der Waals surface area contributed by atoms with Gasteiger partial charge in [-0.1, -0.05) is 30.3 Å². The predicted octanol–water partition coefficient (Wildman–Crippen LogP) is 2.35. The smallest absolute Gasteiger partial charge is 0.318 e. The van der Waals surface area contributed by atoms with Crippen molar-refractivity contribution in [2.45, 2.75) is 19.3 Å². The average molecular weight is 254 g/mol. The van der Waals surface area contributed by atoms with E-state index in [1.165, 1.54) is 16.7 Å². The lowest BCUT2D eigenvalue weighted by molar-refractivity contribution is -0.154. The van der Waals surface area contributed by atoms with E-state index in [-0.39, 0.29) is 29.7 Å². The summed E-state index contributed by atoms with van der Waals surface area (Å²) in [5.74, 6) is -0.978. The summed E-state index contributed by atoms with van der Waals surface area (Å²) in [6.07, 6.45) is 4.69. The molecule has 96 valence electrons. The molecule has 1 heterocycles. The molecule has 0 aromatic heterocycles. The molecule has 3 atom stereocenters. The first-order valence-electron chi connectivity index (χ1n) is 6.79. The molecule has 0 spiro atoms. The highest BCUT2D eigenvalue weighted by molar-refractivity contribution is 5.99. The van der Waals surface area contributed by atoms with Gasteiger partial charge in [0.05, 0.1) is 11.8 Å². The Hall–Kier alpha value is -1.90. The lowest BCUT2D eigenvalue weighted by Crippen LogP contribution is -2.32. The maximum atomic E-state index is 11.9. The Balaban J connectivity index is 1.82. The molecule has 0 unspecified atom stereocenters. The highest BCUT2D eigenvalue weighted by Gasteiger charge is 2.51. The van der Waals surface area contributed by atoms with E-state index in [1.807, 2.05) is 6.07 Å². The largest absolute Gasteiger partial charge is 0.393 e. The summed E-state index contributed by atoms with van der Waals surface area (Å²) in [6, 6.07) is 8.36. The van der Waals surface area contributed by atoms with Gasteiger partial charge in [0.2, 0.25) is 0 Å². The van der Waals surface area contributed by atoms with E-state index in [4.69, 9.17) is 4.74 Å². The molecular formula is C16H14O3. The molecule has 0 radical (unpaired) electrons. The molecule has 1 fully saturated rings. The number of esters is 2. The normalized spacial score (nSPS) is 32.0. The van der Waals surface area contributed by atoms with E-state index >= 15 is 0 Å². The summed E-state index contributed by atoms with van der Waals surface area (Å²) in [6.45, 7) is 0. The lowest BCUT2D eigenvalue weighted by Gasteiger charge is -2.35. The van der Waals surface area contributed by atoms with Gasteiger partial charge < -0.3 is 4.74 Å². The summed E-state index contributed by atoms with van der Waals surface area (Å²) in [7, 11) is 0. The molecule has 0 amide bonds. The van der Waals surface area contributed by atoms with E-state index in [0.717, 1.165) is 12.8 Å². The summed E-state index contributed by atoms with van der Waals surface area (Å²) in [5.41, 5.74) is 3.85. The number of hydrogen-bond acceptors (Lipinski definition) is 3. The summed E-state index contributed by atoms with van der Waals surface area (Å²) in [5, 5.41) is 0. The van der Waals surface area contributed by atoms with Crippen molar-refractivity contribution in [2.24, 2.45) is 17.8 Å². The molecule has 0 saturated carbocycles. The van der Waals surface area contributed by atoms with E-state index in [2.05, 4.69) is 24.3 Å². The van der Waals surface area contributed by atoms with Crippen molar-refractivity contribution in [2.75, 3.05) is 0 Å². The van der Waals surface area contributed by atoms with Crippen LogP contribution in [-0.2, 0) is 20.7 Å². The first-order chi connectivity index (χ1) is 9.25. The van der Waals surface area contributed by atoms with Crippen molar-refractivity contribution >= 4 is 17.5 Å².